The molecule has 0 saturated carbocycles. The number of benzene rings is 1. The third kappa shape index (κ3) is 2.27. The first-order valence-electron chi connectivity index (χ1n) is 6.19. The molecule has 102 valence electrons. The van der Waals surface area contributed by atoms with Gasteiger partial charge in [0.25, 0.3) is 0 Å². The van der Waals surface area contributed by atoms with Gasteiger partial charge in [-0.25, -0.2) is 4.79 Å². The van der Waals surface area contributed by atoms with E-state index in [9.17, 15) is 9.90 Å². The van der Waals surface area contributed by atoms with Crippen molar-refractivity contribution < 1.29 is 19.2 Å². The van der Waals surface area contributed by atoms with Gasteiger partial charge in [-0.05, 0) is 32.3 Å². The Morgan fingerprint density at radius 2 is 1.95 bits per heavy atom. The molecule has 19 heavy (non-hydrogen) atoms. The third-order valence-corrected chi connectivity index (χ3v) is 3.88. The van der Waals surface area contributed by atoms with E-state index in [0.717, 1.165) is 0 Å². The molecule has 0 amide bonds. The van der Waals surface area contributed by atoms with Crippen molar-refractivity contribution in [1.82, 2.24) is 0 Å². The van der Waals surface area contributed by atoms with Gasteiger partial charge in [-0.1, -0.05) is 18.2 Å². The lowest BCUT2D eigenvalue weighted by atomic mass is 9.76. The summed E-state index contributed by atoms with van der Waals surface area (Å²) in [6.07, 6.45) is 0. The second-order valence-electron chi connectivity index (χ2n) is 5.41. The fourth-order valence-electron chi connectivity index (χ4n) is 2.11. The van der Waals surface area contributed by atoms with E-state index in [1.54, 1.807) is 18.2 Å². The normalized spacial score (nSPS) is 25.6. The van der Waals surface area contributed by atoms with Gasteiger partial charge in [0.1, 0.15) is 0 Å². The summed E-state index contributed by atoms with van der Waals surface area (Å²) in [5, 5.41) is 9.21. The van der Waals surface area contributed by atoms with Crippen molar-refractivity contribution in [2.45, 2.75) is 32.0 Å². The van der Waals surface area contributed by atoms with Crippen LogP contribution in [0, 0.1) is 0 Å². The highest BCUT2D eigenvalue weighted by atomic mass is 16.7. The smallest absolute Gasteiger partial charge is 0.478 e. The monoisotopic (exact) mass is 263 g/mol. The van der Waals surface area contributed by atoms with Gasteiger partial charge in [0.15, 0.2) is 0 Å². The zero-order chi connectivity index (χ0) is 14.3. The number of carbonyl (C=O) groups is 1. The maximum atomic E-state index is 11.2. The second-order valence-corrected chi connectivity index (χ2v) is 5.41. The average Bonchev–Trinajstić information content (AvgIpc) is 2.61. The molecule has 1 aromatic carbocycles. The summed E-state index contributed by atoms with van der Waals surface area (Å²) >= 11 is 0. The van der Waals surface area contributed by atoms with Crippen LogP contribution >= 0.6 is 0 Å². The third-order valence-electron chi connectivity index (χ3n) is 3.88. The first kappa shape index (κ1) is 14.1. The molecule has 1 aliphatic rings. The van der Waals surface area contributed by atoms with E-state index >= 15 is 0 Å². The van der Waals surface area contributed by atoms with E-state index in [2.05, 4.69) is 0 Å². The Labute approximate surface area is 112 Å². The van der Waals surface area contributed by atoms with Gasteiger partial charge in [-0.3, -0.25) is 0 Å². The first-order chi connectivity index (χ1) is 8.81. The molecule has 5 nitrogen and oxygen atoms in total. The highest BCUT2D eigenvalue weighted by Crippen LogP contribution is 2.36. The first-order valence-corrected chi connectivity index (χ1v) is 6.19. The zero-order valence-corrected chi connectivity index (χ0v) is 11.3. The average molecular weight is 263 g/mol. The summed E-state index contributed by atoms with van der Waals surface area (Å²) in [5.41, 5.74) is 5.22. The van der Waals surface area contributed by atoms with Crippen molar-refractivity contribution in [3.05, 3.63) is 29.8 Å². The molecule has 1 heterocycles. The molecule has 0 spiro atoms. The predicted octanol–water partition coefficient (Wildman–Crippen LogP) is 0.623. The van der Waals surface area contributed by atoms with Crippen LogP contribution in [0.3, 0.4) is 0 Å². The quantitative estimate of drug-likeness (QED) is 0.781. The Balaban J connectivity index is 2.39. The van der Waals surface area contributed by atoms with E-state index < -0.39 is 24.3 Å². The van der Waals surface area contributed by atoms with Crippen LogP contribution < -0.4 is 11.2 Å². The molecule has 6 heteroatoms. The molecule has 2 rings (SSSR count). The highest BCUT2D eigenvalue weighted by molar-refractivity contribution is 6.63. The van der Waals surface area contributed by atoms with E-state index in [1.807, 2.05) is 20.8 Å². The summed E-state index contributed by atoms with van der Waals surface area (Å²) in [6, 6.07) is 6.68. The van der Waals surface area contributed by atoms with Gasteiger partial charge in [0.05, 0.1) is 16.8 Å². The summed E-state index contributed by atoms with van der Waals surface area (Å²) in [5.74, 6) is -0.998. The van der Waals surface area contributed by atoms with Gasteiger partial charge in [-0.15, -0.1) is 0 Å². The van der Waals surface area contributed by atoms with Gasteiger partial charge < -0.3 is 20.1 Å². The minimum atomic E-state index is -0.998. The number of nitrogens with two attached hydrogens (primary N) is 1. The van der Waals surface area contributed by atoms with Crippen LogP contribution in [0.2, 0.25) is 0 Å². The van der Waals surface area contributed by atoms with Crippen LogP contribution in [0.1, 0.15) is 31.1 Å². The predicted molar refractivity (Wildman–Crippen MR) is 72.5 cm³/mol. The molecule has 1 aromatic rings. The number of hydrogen-bond donors (Lipinski definition) is 2. The van der Waals surface area contributed by atoms with Gasteiger partial charge in [-0.2, -0.15) is 0 Å². The molecule has 1 saturated heterocycles. The Morgan fingerprint density at radius 1 is 1.32 bits per heavy atom. The minimum Gasteiger partial charge on any atom is -0.478 e. The number of aromatic carboxylic acids is 1. The Morgan fingerprint density at radius 3 is 2.47 bits per heavy atom. The van der Waals surface area contributed by atoms with Crippen LogP contribution in [-0.2, 0) is 9.31 Å². The molecule has 1 atom stereocenters. The number of hydrogen-bond acceptors (Lipinski definition) is 4. The summed E-state index contributed by atoms with van der Waals surface area (Å²) < 4.78 is 11.7. The van der Waals surface area contributed by atoms with Gasteiger partial charge >= 0.3 is 13.1 Å². The maximum Gasteiger partial charge on any atom is 0.495 e. The Kier molecular flexibility index (Phi) is 3.42. The van der Waals surface area contributed by atoms with Crippen molar-refractivity contribution in [3.8, 4) is 0 Å². The Hall–Kier alpha value is -1.37. The standard InChI is InChI=1S/C13H18BNO4/c1-12(2)13(3,8-15)19-14(18-12)10-7-5-4-6-9(10)11(16)17/h4-7H,8,15H2,1-3H3,(H,16,17). The highest BCUT2D eigenvalue weighted by Gasteiger charge is 2.54. The molecule has 0 aromatic heterocycles. The lowest BCUT2D eigenvalue weighted by Crippen LogP contribution is -2.50. The molecule has 1 aliphatic heterocycles. The van der Waals surface area contributed by atoms with E-state index in [0.29, 0.717) is 12.0 Å². The minimum absolute atomic E-state index is 0.185. The Bertz CT molecular complexity index is 505. The molecule has 0 aliphatic carbocycles. The maximum absolute atomic E-state index is 11.2. The van der Waals surface area contributed by atoms with Crippen LogP contribution in [0.5, 0.6) is 0 Å². The molecule has 1 unspecified atom stereocenters. The second kappa shape index (κ2) is 4.63. The van der Waals surface area contributed by atoms with Crippen LogP contribution in [0.4, 0.5) is 0 Å². The summed E-state index contributed by atoms with van der Waals surface area (Å²) in [4.78, 5) is 11.2. The van der Waals surface area contributed by atoms with Crippen molar-refractivity contribution in [3.63, 3.8) is 0 Å². The van der Waals surface area contributed by atoms with E-state index in [-0.39, 0.29) is 5.56 Å². The van der Waals surface area contributed by atoms with Crippen LogP contribution in [-0.4, -0.2) is 35.9 Å². The van der Waals surface area contributed by atoms with E-state index in [1.165, 1.54) is 6.07 Å². The molecule has 0 bridgehead atoms. The summed E-state index contributed by atoms with van der Waals surface area (Å²) in [6.45, 7) is 5.95. The number of rotatable bonds is 3. The van der Waals surface area contributed by atoms with Crippen LogP contribution in [0.15, 0.2) is 24.3 Å². The van der Waals surface area contributed by atoms with Gasteiger partial charge in [0.2, 0.25) is 0 Å². The molecular weight excluding hydrogens is 245 g/mol. The largest absolute Gasteiger partial charge is 0.495 e. The van der Waals surface area contributed by atoms with Crippen LogP contribution in [0.25, 0.3) is 0 Å². The molecule has 3 N–H and O–H groups in total. The lowest BCUT2D eigenvalue weighted by Gasteiger charge is -2.35. The molecule has 0 radical (unpaired) electrons. The molecular formula is C13H18BNO4. The SMILES string of the molecule is CC1(C)OB(c2ccccc2C(=O)O)OC1(C)CN. The topological polar surface area (TPSA) is 81.8 Å². The molecule has 1 fully saturated rings. The lowest BCUT2D eigenvalue weighted by molar-refractivity contribution is -0.00187. The zero-order valence-electron chi connectivity index (χ0n) is 11.3. The number of carboxylic acids is 1. The fourth-order valence-corrected chi connectivity index (χ4v) is 2.11. The fraction of sp³-hybridized carbons (Fsp3) is 0.462. The van der Waals surface area contributed by atoms with E-state index in [4.69, 9.17) is 15.0 Å². The van der Waals surface area contributed by atoms with Crippen molar-refractivity contribution in [1.29, 1.82) is 0 Å². The number of carboxylic acid groups (broad SMARTS) is 1. The van der Waals surface area contributed by atoms with Crippen molar-refractivity contribution >= 4 is 18.6 Å². The van der Waals surface area contributed by atoms with Crippen molar-refractivity contribution in [2.75, 3.05) is 6.54 Å². The van der Waals surface area contributed by atoms with Gasteiger partial charge in [0, 0.05) is 6.54 Å². The summed E-state index contributed by atoms with van der Waals surface area (Å²) in [7, 11) is -0.712. The van der Waals surface area contributed by atoms with Crippen molar-refractivity contribution in [2.24, 2.45) is 5.73 Å².